The molecule has 2 fully saturated rings. The molecule has 0 atom stereocenters. The van der Waals surface area contributed by atoms with Crippen LogP contribution < -0.4 is 4.74 Å². The van der Waals surface area contributed by atoms with Gasteiger partial charge in [-0.3, -0.25) is 9.80 Å². The number of hydrogen-bond donors (Lipinski definition) is 1. The maximum atomic E-state index is 10.2. The van der Waals surface area contributed by atoms with Crippen molar-refractivity contribution in [2.24, 2.45) is 0 Å². The first kappa shape index (κ1) is 24.8. The summed E-state index contributed by atoms with van der Waals surface area (Å²) in [5.74, 6) is 1.16. The van der Waals surface area contributed by atoms with Crippen LogP contribution in [0.2, 0.25) is 0 Å². The number of rotatable bonds is 9. The average Bonchev–Trinajstić information content (AvgIpc) is 3.41. The highest BCUT2D eigenvalue weighted by molar-refractivity contribution is 5.70. The van der Waals surface area contributed by atoms with Crippen LogP contribution in [0, 0.1) is 6.92 Å². The van der Waals surface area contributed by atoms with Crippen molar-refractivity contribution in [3.63, 3.8) is 0 Å². The van der Waals surface area contributed by atoms with E-state index in [2.05, 4.69) is 47.1 Å². The molecule has 5 rings (SSSR count). The highest BCUT2D eigenvalue weighted by Gasteiger charge is 2.14. The quantitative estimate of drug-likeness (QED) is 0.447. The van der Waals surface area contributed by atoms with Crippen molar-refractivity contribution in [2.75, 3.05) is 52.5 Å². The van der Waals surface area contributed by atoms with Crippen molar-refractivity contribution >= 4 is 0 Å². The molecule has 0 bridgehead atoms. The van der Waals surface area contributed by atoms with Gasteiger partial charge in [-0.1, -0.05) is 36.4 Å². The summed E-state index contributed by atoms with van der Waals surface area (Å²) in [5, 5.41) is 10.2. The molecule has 3 aromatic rings. The molecule has 5 nitrogen and oxygen atoms in total. The zero-order valence-electron chi connectivity index (χ0n) is 21.4. The Morgan fingerprint density at radius 1 is 0.833 bits per heavy atom. The van der Waals surface area contributed by atoms with Crippen LogP contribution in [0.5, 0.6) is 11.5 Å². The number of ether oxygens (including phenoxy) is 2. The van der Waals surface area contributed by atoms with E-state index < -0.39 is 0 Å². The Morgan fingerprint density at radius 2 is 1.58 bits per heavy atom. The maximum Gasteiger partial charge on any atom is 0.119 e. The van der Waals surface area contributed by atoms with E-state index in [9.17, 15) is 5.11 Å². The molecular formula is C31H38N2O3. The average molecular weight is 487 g/mol. The van der Waals surface area contributed by atoms with Gasteiger partial charge in [0.25, 0.3) is 0 Å². The largest absolute Gasteiger partial charge is 0.508 e. The minimum Gasteiger partial charge on any atom is -0.508 e. The zero-order chi connectivity index (χ0) is 24.7. The highest BCUT2D eigenvalue weighted by atomic mass is 16.5. The van der Waals surface area contributed by atoms with Gasteiger partial charge in [-0.15, -0.1) is 0 Å². The number of benzene rings is 3. The maximum absolute atomic E-state index is 10.2. The number of hydrogen-bond acceptors (Lipinski definition) is 5. The van der Waals surface area contributed by atoms with Crippen LogP contribution in [0.15, 0.2) is 60.7 Å². The van der Waals surface area contributed by atoms with Crippen molar-refractivity contribution < 1.29 is 14.6 Å². The molecule has 0 amide bonds. The normalized spacial score (nSPS) is 16.9. The molecule has 36 heavy (non-hydrogen) atoms. The first-order chi connectivity index (χ1) is 17.6. The summed E-state index contributed by atoms with van der Waals surface area (Å²) < 4.78 is 11.4. The molecule has 2 heterocycles. The van der Waals surface area contributed by atoms with Crippen LogP contribution in [0.3, 0.4) is 0 Å². The van der Waals surface area contributed by atoms with Gasteiger partial charge >= 0.3 is 0 Å². The van der Waals surface area contributed by atoms with Gasteiger partial charge in [0, 0.05) is 26.2 Å². The third-order valence-electron chi connectivity index (χ3n) is 7.43. The molecule has 2 saturated heterocycles. The summed E-state index contributed by atoms with van der Waals surface area (Å²) in [4.78, 5) is 4.92. The Labute approximate surface area is 215 Å². The number of morpholine rings is 1. The fourth-order valence-electron chi connectivity index (χ4n) is 5.28. The second kappa shape index (κ2) is 11.9. The molecule has 0 spiro atoms. The van der Waals surface area contributed by atoms with Gasteiger partial charge < -0.3 is 14.6 Å². The predicted octanol–water partition coefficient (Wildman–Crippen LogP) is 5.27. The van der Waals surface area contributed by atoms with E-state index in [1.54, 1.807) is 6.07 Å². The topological polar surface area (TPSA) is 45.2 Å². The SMILES string of the molecule is Cc1cc(Cc2ccc(O)cc2-c2ccc(OCCN3CCOCC3)cc2)ccc1CN1CCCC1. The molecule has 0 radical (unpaired) electrons. The van der Waals surface area contributed by atoms with Crippen LogP contribution in [-0.4, -0.2) is 67.5 Å². The summed E-state index contributed by atoms with van der Waals surface area (Å²) >= 11 is 0. The van der Waals surface area contributed by atoms with Crippen LogP contribution in [-0.2, 0) is 17.7 Å². The van der Waals surface area contributed by atoms with E-state index in [0.717, 1.165) is 62.7 Å². The lowest BCUT2D eigenvalue weighted by Gasteiger charge is -2.26. The Bertz CT molecular complexity index is 1130. The summed E-state index contributed by atoms with van der Waals surface area (Å²) in [5.41, 5.74) is 7.44. The molecule has 2 aliphatic heterocycles. The number of nitrogens with zero attached hydrogens (tertiary/aromatic N) is 2. The van der Waals surface area contributed by atoms with Gasteiger partial charge in [0.05, 0.1) is 13.2 Å². The lowest BCUT2D eigenvalue weighted by atomic mass is 9.93. The van der Waals surface area contributed by atoms with Crippen LogP contribution in [0.4, 0.5) is 0 Å². The van der Waals surface area contributed by atoms with Gasteiger partial charge in [0.2, 0.25) is 0 Å². The van der Waals surface area contributed by atoms with E-state index in [1.807, 2.05) is 24.3 Å². The summed E-state index contributed by atoms with van der Waals surface area (Å²) in [6.07, 6.45) is 3.48. The first-order valence-electron chi connectivity index (χ1n) is 13.3. The van der Waals surface area contributed by atoms with Crippen LogP contribution in [0.25, 0.3) is 11.1 Å². The molecule has 0 saturated carbocycles. The van der Waals surface area contributed by atoms with Gasteiger partial charge in [-0.05, 0) is 96.9 Å². The molecule has 3 aromatic carbocycles. The Balaban J connectivity index is 1.25. The zero-order valence-corrected chi connectivity index (χ0v) is 21.4. The van der Waals surface area contributed by atoms with E-state index in [-0.39, 0.29) is 5.75 Å². The molecule has 190 valence electrons. The molecule has 0 unspecified atom stereocenters. The molecule has 5 heteroatoms. The summed E-state index contributed by atoms with van der Waals surface area (Å²) in [7, 11) is 0. The minimum absolute atomic E-state index is 0.289. The van der Waals surface area contributed by atoms with Gasteiger partial charge in [0.1, 0.15) is 18.1 Å². The number of aromatic hydroxyl groups is 1. The van der Waals surface area contributed by atoms with Crippen molar-refractivity contribution in [3.05, 3.63) is 82.9 Å². The minimum atomic E-state index is 0.289. The third-order valence-corrected chi connectivity index (χ3v) is 7.43. The van der Waals surface area contributed by atoms with Gasteiger partial charge in [0.15, 0.2) is 0 Å². The number of phenolic OH excluding ortho intramolecular Hbond substituents is 1. The van der Waals surface area contributed by atoms with Crippen molar-refractivity contribution in [1.82, 2.24) is 9.80 Å². The fourth-order valence-corrected chi connectivity index (χ4v) is 5.28. The third kappa shape index (κ3) is 6.47. The van der Waals surface area contributed by atoms with Gasteiger partial charge in [-0.2, -0.15) is 0 Å². The van der Waals surface area contributed by atoms with Crippen molar-refractivity contribution in [2.45, 2.75) is 32.7 Å². The van der Waals surface area contributed by atoms with Crippen LogP contribution in [0.1, 0.15) is 35.1 Å². The number of aryl methyl sites for hydroxylation is 1. The Morgan fingerprint density at radius 3 is 2.33 bits per heavy atom. The smallest absolute Gasteiger partial charge is 0.119 e. The van der Waals surface area contributed by atoms with Crippen molar-refractivity contribution in [3.8, 4) is 22.6 Å². The first-order valence-corrected chi connectivity index (χ1v) is 13.3. The van der Waals surface area contributed by atoms with Crippen molar-refractivity contribution in [1.29, 1.82) is 0 Å². The molecular weight excluding hydrogens is 448 g/mol. The second-order valence-electron chi connectivity index (χ2n) is 10.1. The van der Waals surface area contributed by atoms with E-state index >= 15 is 0 Å². The summed E-state index contributed by atoms with van der Waals surface area (Å²) in [6.45, 7) is 10.9. The molecule has 1 N–H and O–H groups in total. The second-order valence-corrected chi connectivity index (χ2v) is 10.1. The lowest BCUT2D eigenvalue weighted by Crippen LogP contribution is -2.38. The fraction of sp³-hybridized carbons (Fsp3) is 0.419. The van der Waals surface area contributed by atoms with E-state index in [0.29, 0.717) is 6.61 Å². The molecule has 0 aromatic heterocycles. The number of likely N-dealkylation sites (tertiary alicyclic amines) is 1. The highest BCUT2D eigenvalue weighted by Crippen LogP contribution is 2.31. The number of phenols is 1. The van der Waals surface area contributed by atoms with Gasteiger partial charge in [-0.25, -0.2) is 0 Å². The lowest BCUT2D eigenvalue weighted by molar-refractivity contribution is 0.0322. The van der Waals surface area contributed by atoms with E-state index in [1.165, 1.54) is 48.2 Å². The predicted molar refractivity (Wildman–Crippen MR) is 145 cm³/mol. The van der Waals surface area contributed by atoms with Crippen LogP contribution >= 0.6 is 0 Å². The standard InChI is InChI=1S/C31H38N2O3/c1-24-20-25(4-5-28(24)23-33-12-2-3-13-33)21-27-6-9-29(34)22-31(27)26-7-10-30(11-8-26)36-19-16-32-14-17-35-18-15-32/h4-11,20,22,34H,2-3,12-19,21,23H2,1H3. The Hall–Kier alpha value is -2.86. The summed E-state index contributed by atoms with van der Waals surface area (Å²) in [6, 6.07) is 20.8. The Kier molecular flexibility index (Phi) is 8.22. The molecule has 2 aliphatic rings. The molecule has 0 aliphatic carbocycles. The monoisotopic (exact) mass is 486 g/mol. The van der Waals surface area contributed by atoms with E-state index in [4.69, 9.17) is 9.47 Å².